The third-order valence-corrected chi connectivity index (χ3v) is 4.98. The van der Waals surface area contributed by atoms with Crippen LogP contribution < -0.4 is 0 Å². The Morgan fingerprint density at radius 3 is 2.27 bits per heavy atom. The van der Waals surface area contributed by atoms with E-state index in [4.69, 9.17) is 0 Å². The van der Waals surface area contributed by atoms with E-state index in [0.717, 1.165) is 28.4 Å². The van der Waals surface area contributed by atoms with Crippen LogP contribution in [0.1, 0.15) is 18.1 Å². The van der Waals surface area contributed by atoms with Gasteiger partial charge in [-0.25, -0.2) is 4.39 Å². The summed E-state index contributed by atoms with van der Waals surface area (Å²) in [4.78, 5) is 24.2. The van der Waals surface area contributed by atoms with E-state index in [1.807, 2.05) is 0 Å². The lowest BCUT2D eigenvalue weighted by atomic mass is 10.2. The van der Waals surface area contributed by atoms with Gasteiger partial charge in [0, 0.05) is 15.4 Å². The van der Waals surface area contributed by atoms with Gasteiger partial charge in [-0.3, -0.25) is 9.59 Å². The van der Waals surface area contributed by atoms with Crippen molar-refractivity contribution >= 4 is 33.8 Å². The van der Waals surface area contributed by atoms with Crippen molar-refractivity contribution in [3.05, 3.63) is 84.2 Å². The third kappa shape index (κ3) is 5.76. The molecule has 0 saturated carbocycles. The minimum Gasteiger partial charge on any atom is -0.282 e. The molecule has 2 rings (SSSR count). The molecular formula is C21H15FO2S2. The fourth-order valence-electron chi connectivity index (χ4n) is 1.76. The van der Waals surface area contributed by atoms with Gasteiger partial charge in [-0.05, 0) is 84.6 Å². The Hall–Kier alpha value is -2.55. The molecule has 0 aromatic heterocycles. The predicted molar refractivity (Wildman–Crippen MR) is 106 cm³/mol. The predicted octanol–water partition coefficient (Wildman–Crippen LogP) is 5.23. The van der Waals surface area contributed by atoms with Gasteiger partial charge in [-0.2, -0.15) is 0 Å². The van der Waals surface area contributed by atoms with Crippen LogP contribution in [0.3, 0.4) is 0 Å². The molecule has 0 atom stereocenters. The summed E-state index contributed by atoms with van der Waals surface area (Å²) in [6.07, 6.45) is 1.18. The number of carbonyl (C=O) groups excluding carboxylic acids is 2. The van der Waals surface area contributed by atoms with E-state index in [1.165, 1.54) is 18.2 Å². The summed E-state index contributed by atoms with van der Waals surface area (Å²) < 4.78 is 14.1. The summed E-state index contributed by atoms with van der Waals surface area (Å²) in [5.41, 5.74) is 1.44. The minimum atomic E-state index is -0.487. The zero-order valence-corrected chi connectivity index (χ0v) is 15.7. The van der Waals surface area contributed by atoms with Crippen molar-refractivity contribution < 1.29 is 14.0 Å². The lowest BCUT2D eigenvalue weighted by Crippen LogP contribution is -1.90. The molecule has 2 nitrogen and oxygen atoms in total. The zero-order chi connectivity index (χ0) is 19.1. The van der Waals surface area contributed by atoms with Crippen molar-refractivity contribution in [1.82, 2.24) is 0 Å². The van der Waals surface area contributed by atoms with Gasteiger partial charge in [0.25, 0.3) is 0 Å². The Morgan fingerprint density at radius 2 is 1.69 bits per heavy atom. The Kier molecular flexibility index (Phi) is 7.02. The second kappa shape index (κ2) is 9.23. The van der Waals surface area contributed by atoms with Gasteiger partial charge < -0.3 is 0 Å². The molecule has 0 unspecified atom stereocenters. The van der Waals surface area contributed by atoms with Crippen LogP contribution in [0, 0.1) is 17.7 Å². The second-order valence-electron chi connectivity index (χ2n) is 5.21. The van der Waals surface area contributed by atoms with E-state index in [1.54, 1.807) is 37.3 Å². The van der Waals surface area contributed by atoms with Crippen LogP contribution in [-0.4, -0.2) is 10.2 Å². The van der Waals surface area contributed by atoms with Gasteiger partial charge in [0.1, 0.15) is 5.82 Å². The standard InChI is InChI=1S/C21H15FO2S2/c1-4-20(23)25-18-12-9-16(19(22)13-18)8-5-15-6-10-17(11-7-15)26-21(24)14(2)3/h4,6-7,9-13H,1-2H2,3H3. The summed E-state index contributed by atoms with van der Waals surface area (Å²) >= 11 is 2.01. The van der Waals surface area contributed by atoms with Crippen molar-refractivity contribution in [1.29, 1.82) is 0 Å². The zero-order valence-electron chi connectivity index (χ0n) is 14.0. The largest absolute Gasteiger partial charge is 0.282 e. The first-order valence-electron chi connectivity index (χ1n) is 7.52. The molecule has 0 aliphatic carbocycles. The van der Waals surface area contributed by atoms with Crippen molar-refractivity contribution in [3.8, 4) is 11.8 Å². The van der Waals surface area contributed by atoms with E-state index in [9.17, 15) is 14.0 Å². The summed E-state index contributed by atoms with van der Waals surface area (Å²) in [5, 5.41) is -0.329. The van der Waals surface area contributed by atoms with E-state index in [0.29, 0.717) is 16.0 Å². The molecule has 2 aromatic rings. The molecule has 0 amide bonds. The highest BCUT2D eigenvalue weighted by Gasteiger charge is 2.06. The molecule has 130 valence electrons. The van der Waals surface area contributed by atoms with Crippen LogP contribution in [0.25, 0.3) is 0 Å². The molecular weight excluding hydrogens is 367 g/mol. The van der Waals surface area contributed by atoms with E-state index in [-0.39, 0.29) is 15.8 Å². The molecule has 0 saturated heterocycles. The summed E-state index contributed by atoms with van der Waals surface area (Å²) in [6, 6.07) is 11.6. The van der Waals surface area contributed by atoms with Crippen molar-refractivity contribution in [2.45, 2.75) is 16.7 Å². The molecule has 0 bridgehead atoms. The topological polar surface area (TPSA) is 34.1 Å². The van der Waals surface area contributed by atoms with Gasteiger partial charge in [0.2, 0.25) is 10.2 Å². The first-order valence-corrected chi connectivity index (χ1v) is 9.16. The quantitative estimate of drug-likeness (QED) is 0.412. The molecule has 0 N–H and O–H groups in total. The molecule has 0 aliphatic heterocycles. The smallest absolute Gasteiger partial charge is 0.219 e. The number of thioether (sulfide) groups is 2. The maximum atomic E-state index is 14.1. The average Bonchev–Trinajstić information content (AvgIpc) is 2.62. The summed E-state index contributed by atoms with van der Waals surface area (Å²) in [5.74, 6) is 5.17. The molecule has 0 fully saturated rings. The highest BCUT2D eigenvalue weighted by molar-refractivity contribution is 8.14. The Balaban J connectivity index is 2.11. The number of benzene rings is 2. The van der Waals surface area contributed by atoms with Crippen LogP contribution >= 0.6 is 23.5 Å². The fourth-order valence-corrected chi connectivity index (χ4v) is 3.03. The first kappa shape index (κ1) is 19.8. The van der Waals surface area contributed by atoms with Gasteiger partial charge in [-0.15, -0.1) is 0 Å². The molecule has 0 radical (unpaired) electrons. The first-order chi connectivity index (χ1) is 12.4. The van der Waals surface area contributed by atoms with Gasteiger partial charge in [-0.1, -0.05) is 25.0 Å². The van der Waals surface area contributed by atoms with Crippen LogP contribution in [-0.2, 0) is 9.59 Å². The maximum Gasteiger partial charge on any atom is 0.219 e. The van der Waals surface area contributed by atoms with Gasteiger partial charge in [0.15, 0.2) is 0 Å². The third-order valence-electron chi connectivity index (χ3n) is 3.08. The monoisotopic (exact) mass is 382 g/mol. The van der Waals surface area contributed by atoms with Crippen LogP contribution in [0.4, 0.5) is 4.39 Å². The van der Waals surface area contributed by atoms with E-state index < -0.39 is 5.82 Å². The second-order valence-corrected chi connectivity index (χ2v) is 7.34. The molecule has 0 aliphatic rings. The molecule has 2 aromatic carbocycles. The van der Waals surface area contributed by atoms with Crippen molar-refractivity contribution in [3.63, 3.8) is 0 Å². The lowest BCUT2D eigenvalue weighted by molar-refractivity contribution is -0.108. The number of halogens is 1. The Bertz CT molecular complexity index is 935. The molecule has 0 heterocycles. The van der Waals surface area contributed by atoms with Crippen LogP contribution in [0.15, 0.2) is 77.1 Å². The molecule has 26 heavy (non-hydrogen) atoms. The molecule has 0 spiro atoms. The number of carbonyl (C=O) groups is 2. The van der Waals surface area contributed by atoms with Crippen LogP contribution in [0.5, 0.6) is 0 Å². The fraction of sp³-hybridized carbons (Fsp3) is 0.0476. The SMILES string of the molecule is C=CC(=O)Sc1ccc(C#Cc2ccc(SC(=O)C(=C)C)cc2)c(F)c1. The van der Waals surface area contributed by atoms with Crippen molar-refractivity contribution in [2.24, 2.45) is 0 Å². The number of hydrogen-bond donors (Lipinski definition) is 0. The maximum absolute atomic E-state index is 14.1. The normalized spacial score (nSPS) is 9.77. The Morgan fingerprint density at radius 1 is 1.04 bits per heavy atom. The minimum absolute atomic E-state index is 0.0844. The van der Waals surface area contributed by atoms with Gasteiger partial charge >= 0.3 is 0 Å². The lowest BCUT2D eigenvalue weighted by Gasteiger charge is -2.00. The summed E-state index contributed by atoms with van der Waals surface area (Å²) in [6.45, 7) is 8.66. The highest BCUT2D eigenvalue weighted by atomic mass is 32.2. The average molecular weight is 382 g/mol. The number of hydrogen-bond acceptors (Lipinski definition) is 4. The van der Waals surface area contributed by atoms with Crippen LogP contribution in [0.2, 0.25) is 0 Å². The molecule has 5 heteroatoms. The number of rotatable bonds is 4. The van der Waals surface area contributed by atoms with E-state index in [2.05, 4.69) is 25.0 Å². The van der Waals surface area contributed by atoms with Gasteiger partial charge in [0.05, 0.1) is 5.56 Å². The summed E-state index contributed by atoms with van der Waals surface area (Å²) in [7, 11) is 0. The van der Waals surface area contributed by atoms with E-state index >= 15 is 0 Å². The highest BCUT2D eigenvalue weighted by Crippen LogP contribution is 2.23. The Labute approximate surface area is 160 Å². The van der Waals surface area contributed by atoms with Crippen molar-refractivity contribution in [2.75, 3.05) is 0 Å².